The highest BCUT2D eigenvalue weighted by molar-refractivity contribution is 6.30. The van der Waals surface area contributed by atoms with Gasteiger partial charge in [0.2, 0.25) is 17.6 Å². The summed E-state index contributed by atoms with van der Waals surface area (Å²) in [7, 11) is 1.35. The van der Waals surface area contributed by atoms with Gasteiger partial charge in [0.05, 0.1) is 36.7 Å². The van der Waals surface area contributed by atoms with Crippen LogP contribution in [0.2, 0.25) is 5.02 Å². The maximum atomic E-state index is 14.1. The summed E-state index contributed by atoms with van der Waals surface area (Å²) in [4.78, 5) is 31.6. The van der Waals surface area contributed by atoms with Gasteiger partial charge >= 0.3 is 5.97 Å². The molecule has 2 fully saturated rings. The lowest BCUT2D eigenvalue weighted by molar-refractivity contribution is -0.121. The molecule has 3 heterocycles. The van der Waals surface area contributed by atoms with Gasteiger partial charge in [-0.1, -0.05) is 71.4 Å². The molecule has 5 aromatic rings. The Balaban J connectivity index is 1.24. The van der Waals surface area contributed by atoms with Crippen LogP contribution in [0.4, 0.5) is 5.69 Å². The predicted octanol–water partition coefficient (Wildman–Crippen LogP) is 7.41. The van der Waals surface area contributed by atoms with Gasteiger partial charge in [-0.2, -0.15) is 4.98 Å². The van der Waals surface area contributed by atoms with Crippen molar-refractivity contribution in [2.75, 3.05) is 12.4 Å². The van der Waals surface area contributed by atoms with Gasteiger partial charge in [0.25, 0.3) is 0 Å². The molecule has 7 rings (SSSR count). The van der Waals surface area contributed by atoms with Crippen molar-refractivity contribution >= 4 is 29.2 Å². The normalized spacial score (nSPS) is 20.4. The standard InChI is InChI=1S/C35H28ClN3O5/c1-42-35(41)25-10-6-5-9-24(25)26-19-22(20-7-3-2-4-8-20)13-16-27(26)37-33(40)30-28-17-18-29(43-28)31(30)34-38-32(39-44-34)21-11-14-23(36)15-12-21/h2-16,19,28-31H,17-18H2,1H3,(H,37,40)/t28-,29+,30-,31+/m1/s1. The van der Waals surface area contributed by atoms with E-state index in [-0.39, 0.29) is 18.1 Å². The second-order valence-corrected chi connectivity index (χ2v) is 11.4. The molecule has 0 saturated carbocycles. The van der Waals surface area contributed by atoms with Crippen molar-refractivity contribution in [3.05, 3.63) is 114 Å². The Hall–Kier alpha value is -4.79. The third-order valence-corrected chi connectivity index (χ3v) is 8.66. The smallest absolute Gasteiger partial charge is 0.338 e. The van der Waals surface area contributed by atoms with Crippen LogP contribution in [0.15, 0.2) is 102 Å². The highest BCUT2D eigenvalue weighted by Crippen LogP contribution is 2.49. The molecule has 0 aliphatic carbocycles. The Labute approximate surface area is 259 Å². The molecular weight excluding hydrogens is 578 g/mol. The van der Waals surface area contributed by atoms with E-state index < -0.39 is 17.8 Å². The SMILES string of the molecule is COC(=O)c1ccccc1-c1cc(-c2ccccc2)ccc1NC(=O)[C@H]1[C@@H](c2nc(-c3ccc(Cl)cc3)no2)[C@@H]2CC[C@H]1O2. The second kappa shape index (κ2) is 11.7. The van der Waals surface area contributed by atoms with E-state index in [1.54, 1.807) is 24.3 Å². The summed E-state index contributed by atoms with van der Waals surface area (Å²) < 4.78 is 17.0. The molecule has 8 nitrogen and oxygen atoms in total. The van der Waals surface area contributed by atoms with E-state index in [0.717, 1.165) is 29.5 Å². The number of benzene rings is 4. The number of amides is 1. The Kier molecular flexibility index (Phi) is 7.46. The minimum Gasteiger partial charge on any atom is -0.465 e. The van der Waals surface area contributed by atoms with Gasteiger partial charge in [0, 0.05) is 21.8 Å². The molecule has 1 aromatic heterocycles. The van der Waals surface area contributed by atoms with Crippen molar-refractivity contribution < 1.29 is 23.6 Å². The minimum atomic E-state index is -0.537. The molecule has 2 bridgehead atoms. The summed E-state index contributed by atoms with van der Waals surface area (Å²) >= 11 is 6.04. The fourth-order valence-electron chi connectivity index (χ4n) is 6.32. The van der Waals surface area contributed by atoms with Gasteiger partial charge in [-0.25, -0.2) is 4.79 Å². The van der Waals surface area contributed by atoms with Crippen LogP contribution in [-0.4, -0.2) is 41.3 Å². The number of anilines is 1. The van der Waals surface area contributed by atoms with Gasteiger partial charge in [-0.3, -0.25) is 4.79 Å². The van der Waals surface area contributed by atoms with Crippen LogP contribution in [-0.2, 0) is 14.3 Å². The van der Waals surface area contributed by atoms with Crippen LogP contribution in [0, 0.1) is 5.92 Å². The van der Waals surface area contributed by atoms with Crippen molar-refractivity contribution in [2.45, 2.75) is 31.0 Å². The van der Waals surface area contributed by atoms with Gasteiger partial charge in [-0.05, 0) is 72.0 Å². The van der Waals surface area contributed by atoms with Crippen LogP contribution < -0.4 is 5.32 Å². The maximum Gasteiger partial charge on any atom is 0.338 e. The molecule has 0 radical (unpaired) electrons. The number of ether oxygens (including phenoxy) is 2. The van der Waals surface area contributed by atoms with Crippen LogP contribution in [0.25, 0.3) is 33.6 Å². The quantitative estimate of drug-likeness (QED) is 0.193. The summed E-state index contributed by atoms with van der Waals surface area (Å²) in [5.74, 6) is -0.800. The topological polar surface area (TPSA) is 104 Å². The fraction of sp³-hybridized carbons (Fsp3) is 0.200. The fourth-order valence-corrected chi connectivity index (χ4v) is 6.45. The van der Waals surface area contributed by atoms with E-state index in [9.17, 15) is 9.59 Å². The molecule has 44 heavy (non-hydrogen) atoms. The molecule has 0 unspecified atom stereocenters. The molecular formula is C35H28ClN3O5. The molecule has 1 N–H and O–H groups in total. The van der Waals surface area contributed by atoms with E-state index in [1.807, 2.05) is 72.8 Å². The number of aromatic nitrogens is 2. The Morgan fingerprint density at radius 2 is 1.57 bits per heavy atom. The number of halogens is 1. The molecule has 2 saturated heterocycles. The monoisotopic (exact) mass is 605 g/mol. The van der Waals surface area contributed by atoms with Gasteiger partial charge in [0.15, 0.2) is 0 Å². The number of hydrogen-bond donors (Lipinski definition) is 1. The largest absolute Gasteiger partial charge is 0.465 e. The average molecular weight is 606 g/mol. The van der Waals surface area contributed by atoms with Crippen molar-refractivity contribution in [2.24, 2.45) is 5.92 Å². The number of methoxy groups -OCH3 is 1. The first-order valence-electron chi connectivity index (χ1n) is 14.4. The molecule has 1 amide bonds. The Bertz CT molecular complexity index is 1840. The summed E-state index contributed by atoms with van der Waals surface area (Å²) in [6, 6.07) is 30.1. The number of esters is 1. The summed E-state index contributed by atoms with van der Waals surface area (Å²) in [6.07, 6.45) is 1.10. The maximum absolute atomic E-state index is 14.1. The number of carbonyl (C=O) groups is 2. The lowest BCUT2D eigenvalue weighted by Gasteiger charge is -2.25. The van der Waals surface area contributed by atoms with Gasteiger partial charge in [-0.15, -0.1) is 0 Å². The third-order valence-electron chi connectivity index (χ3n) is 8.41. The van der Waals surface area contributed by atoms with Crippen molar-refractivity contribution in [1.29, 1.82) is 0 Å². The Morgan fingerprint density at radius 1 is 0.841 bits per heavy atom. The van der Waals surface area contributed by atoms with Crippen LogP contribution in [0.5, 0.6) is 0 Å². The first-order chi connectivity index (χ1) is 21.5. The lowest BCUT2D eigenvalue weighted by atomic mass is 9.78. The van der Waals surface area contributed by atoms with E-state index in [0.29, 0.717) is 39.1 Å². The number of nitrogens with zero attached hydrogens (tertiary/aromatic N) is 2. The van der Waals surface area contributed by atoms with Gasteiger partial charge < -0.3 is 19.3 Å². The third kappa shape index (κ3) is 5.16. The zero-order valence-corrected chi connectivity index (χ0v) is 24.5. The molecule has 9 heteroatoms. The molecule has 2 aliphatic rings. The van der Waals surface area contributed by atoms with E-state index in [1.165, 1.54) is 7.11 Å². The number of nitrogens with one attached hydrogen (secondary N) is 1. The molecule has 4 aromatic carbocycles. The van der Waals surface area contributed by atoms with E-state index in [2.05, 4.69) is 15.5 Å². The molecule has 4 atom stereocenters. The highest BCUT2D eigenvalue weighted by atomic mass is 35.5. The number of hydrogen-bond acceptors (Lipinski definition) is 7. The Morgan fingerprint density at radius 3 is 2.36 bits per heavy atom. The average Bonchev–Trinajstić information content (AvgIpc) is 3.83. The lowest BCUT2D eigenvalue weighted by Crippen LogP contribution is -2.36. The van der Waals surface area contributed by atoms with Crippen LogP contribution in [0.1, 0.15) is 35.0 Å². The first kappa shape index (κ1) is 28.0. The number of carbonyl (C=O) groups excluding carboxylic acids is 2. The number of fused-ring (bicyclic) bond motifs is 2. The van der Waals surface area contributed by atoms with Crippen molar-refractivity contribution in [3.63, 3.8) is 0 Å². The zero-order chi connectivity index (χ0) is 30.2. The van der Waals surface area contributed by atoms with Crippen LogP contribution >= 0.6 is 11.6 Å². The second-order valence-electron chi connectivity index (χ2n) is 11.0. The zero-order valence-electron chi connectivity index (χ0n) is 23.8. The van der Waals surface area contributed by atoms with Crippen LogP contribution in [0.3, 0.4) is 0 Å². The summed E-state index contributed by atoms with van der Waals surface area (Å²) in [6.45, 7) is 0. The molecule has 0 spiro atoms. The van der Waals surface area contributed by atoms with Crippen molar-refractivity contribution in [1.82, 2.24) is 10.1 Å². The minimum absolute atomic E-state index is 0.200. The summed E-state index contributed by atoms with van der Waals surface area (Å²) in [5, 5.41) is 7.97. The predicted molar refractivity (Wildman–Crippen MR) is 166 cm³/mol. The van der Waals surface area contributed by atoms with Gasteiger partial charge in [0.1, 0.15) is 0 Å². The highest BCUT2D eigenvalue weighted by Gasteiger charge is 2.55. The first-order valence-corrected chi connectivity index (χ1v) is 14.8. The number of rotatable bonds is 7. The molecule has 2 aliphatic heterocycles. The van der Waals surface area contributed by atoms with E-state index in [4.69, 9.17) is 25.6 Å². The van der Waals surface area contributed by atoms with E-state index >= 15 is 0 Å². The summed E-state index contributed by atoms with van der Waals surface area (Å²) in [5.41, 5.74) is 5.04. The molecule has 220 valence electrons. The van der Waals surface area contributed by atoms with Crippen molar-refractivity contribution in [3.8, 4) is 33.6 Å².